The summed E-state index contributed by atoms with van der Waals surface area (Å²) in [5.41, 5.74) is 0. The number of hydrogen-bond donors (Lipinski definition) is 0. The van der Waals surface area contributed by atoms with Crippen LogP contribution >= 0.6 is 22.6 Å². The summed E-state index contributed by atoms with van der Waals surface area (Å²) in [4.78, 5) is 0. The van der Waals surface area contributed by atoms with Crippen molar-refractivity contribution in [3.63, 3.8) is 0 Å². The number of rotatable bonds is 4. The van der Waals surface area contributed by atoms with Crippen LogP contribution in [0.25, 0.3) is 0 Å². The van der Waals surface area contributed by atoms with Crippen LogP contribution in [0.1, 0.15) is 19.3 Å². The third-order valence-electron chi connectivity index (χ3n) is 3.88. The van der Waals surface area contributed by atoms with Crippen LogP contribution in [0, 0.1) is 0 Å². The molecule has 0 aliphatic carbocycles. The van der Waals surface area contributed by atoms with E-state index in [9.17, 15) is 13.2 Å². The van der Waals surface area contributed by atoms with Crippen molar-refractivity contribution in [1.29, 1.82) is 0 Å². The minimum Gasteiger partial charge on any atom is -0.171 e. The second-order valence-corrected chi connectivity index (χ2v) is 12.3. The summed E-state index contributed by atoms with van der Waals surface area (Å²) in [5.74, 6) is 0. The van der Waals surface area contributed by atoms with Crippen LogP contribution in [-0.4, -0.2) is 17.8 Å². The first-order valence-corrected chi connectivity index (χ1v) is 9.94. The zero-order valence-electron chi connectivity index (χ0n) is 10.0. The highest BCUT2D eigenvalue weighted by atomic mass is 127. The Labute approximate surface area is 120 Å². The Kier molecular flexibility index (Phi) is 4.41. The maximum Gasteiger partial charge on any atom is 0.389 e. The van der Waals surface area contributed by atoms with Gasteiger partial charge in [-0.05, 0) is 6.42 Å². The monoisotopic (exact) mass is 384 g/mol. The van der Waals surface area contributed by atoms with Crippen LogP contribution in [0.5, 0.6) is 0 Å². The molecule has 18 heavy (non-hydrogen) atoms. The molecule has 1 heterocycles. The van der Waals surface area contributed by atoms with E-state index in [0.717, 1.165) is 12.1 Å². The van der Waals surface area contributed by atoms with E-state index in [0.29, 0.717) is 0 Å². The van der Waals surface area contributed by atoms with Gasteiger partial charge in [-0.2, -0.15) is 13.2 Å². The maximum atomic E-state index is 12.3. The van der Waals surface area contributed by atoms with Gasteiger partial charge >= 0.3 is 6.18 Å². The summed E-state index contributed by atoms with van der Waals surface area (Å²) in [6.45, 7) is 0. The molecular formula is C13H16F3ISi. The van der Waals surface area contributed by atoms with Crippen LogP contribution in [0.15, 0.2) is 30.3 Å². The summed E-state index contributed by atoms with van der Waals surface area (Å²) in [7, 11) is -1.64. The van der Waals surface area contributed by atoms with E-state index in [1.807, 2.05) is 18.2 Å². The molecule has 0 aromatic heterocycles. The second-order valence-electron chi connectivity index (χ2n) is 5.00. The first kappa shape index (κ1) is 14.4. The molecule has 0 radical (unpaired) electrons. The smallest absolute Gasteiger partial charge is 0.171 e. The van der Waals surface area contributed by atoms with Crippen LogP contribution in [0.4, 0.5) is 13.2 Å². The Morgan fingerprint density at radius 1 is 1.17 bits per heavy atom. The molecule has 2 rings (SSSR count). The van der Waals surface area contributed by atoms with Crippen molar-refractivity contribution in [3.05, 3.63) is 30.3 Å². The Morgan fingerprint density at radius 3 is 2.22 bits per heavy atom. The van der Waals surface area contributed by atoms with E-state index in [-0.39, 0.29) is 9.97 Å². The van der Waals surface area contributed by atoms with Crippen molar-refractivity contribution in [2.24, 2.45) is 0 Å². The van der Waals surface area contributed by atoms with E-state index in [2.05, 4.69) is 34.7 Å². The molecule has 0 amide bonds. The lowest BCUT2D eigenvalue weighted by Gasteiger charge is -2.44. The predicted octanol–water partition coefficient (Wildman–Crippen LogP) is 4.43. The first-order valence-electron chi connectivity index (χ1n) is 6.20. The molecule has 1 saturated heterocycles. The lowest BCUT2D eigenvalue weighted by atomic mass is 10.3. The van der Waals surface area contributed by atoms with Crippen molar-refractivity contribution in [1.82, 2.24) is 0 Å². The van der Waals surface area contributed by atoms with Gasteiger partial charge in [0.05, 0.1) is 8.07 Å². The Balaban J connectivity index is 2.08. The average Bonchev–Trinajstić information content (AvgIpc) is 2.25. The van der Waals surface area contributed by atoms with Gasteiger partial charge in [0.25, 0.3) is 0 Å². The van der Waals surface area contributed by atoms with Gasteiger partial charge in [-0.3, -0.25) is 0 Å². The van der Waals surface area contributed by atoms with Gasteiger partial charge in [-0.15, -0.1) is 0 Å². The van der Waals surface area contributed by atoms with Gasteiger partial charge in [-0.1, -0.05) is 76.6 Å². The number of halogens is 4. The minimum absolute atomic E-state index is 0.202. The fourth-order valence-corrected chi connectivity index (χ4v) is 10.2. The maximum absolute atomic E-state index is 12.3. The molecule has 1 aliphatic heterocycles. The normalized spacial score (nSPS) is 20.2. The lowest BCUT2D eigenvalue weighted by Crippen LogP contribution is -2.60. The fourth-order valence-electron chi connectivity index (χ4n) is 2.68. The van der Waals surface area contributed by atoms with Crippen LogP contribution < -0.4 is 5.19 Å². The van der Waals surface area contributed by atoms with Crippen molar-refractivity contribution in [2.75, 3.05) is 0 Å². The molecule has 1 aromatic carbocycles. The van der Waals surface area contributed by atoms with Gasteiger partial charge in [0.2, 0.25) is 0 Å². The van der Waals surface area contributed by atoms with Crippen molar-refractivity contribution < 1.29 is 13.2 Å². The van der Waals surface area contributed by atoms with E-state index < -0.39 is 20.7 Å². The fraction of sp³-hybridized carbons (Fsp3) is 0.538. The standard InChI is InChI=1S/C13H16F3ISi/c14-13(15,16)8-7-12(17)18(9-4-10-18)11-5-2-1-3-6-11/h1-3,5-6,12H,4,7-10H2. The highest BCUT2D eigenvalue weighted by molar-refractivity contribution is 14.1. The molecular weight excluding hydrogens is 368 g/mol. The summed E-state index contributed by atoms with van der Waals surface area (Å²) in [6.07, 6.45) is -3.18. The molecule has 5 heteroatoms. The van der Waals surface area contributed by atoms with Gasteiger partial charge in [-0.25, -0.2) is 0 Å². The third kappa shape index (κ3) is 3.10. The molecule has 1 fully saturated rings. The molecule has 1 aromatic rings. The SMILES string of the molecule is FC(F)(F)CCC(I)[Si]1(c2ccccc2)CCC1. The number of hydrogen-bond acceptors (Lipinski definition) is 0. The molecule has 0 nitrogen and oxygen atoms in total. The zero-order valence-corrected chi connectivity index (χ0v) is 13.2. The van der Waals surface area contributed by atoms with Gasteiger partial charge in [0, 0.05) is 9.97 Å². The van der Waals surface area contributed by atoms with Crippen LogP contribution in [0.3, 0.4) is 0 Å². The molecule has 0 bridgehead atoms. The quantitative estimate of drug-likeness (QED) is 0.409. The Bertz CT molecular complexity index is 387. The van der Waals surface area contributed by atoms with Crippen molar-refractivity contribution in [2.45, 2.75) is 41.1 Å². The Hall–Kier alpha value is -0.0431. The van der Waals surface area contributed by atoms with Crippen molar-refractivity contribution >= 4 is 35.9 Å². The summed E-state index contributed by atoms with van der Waals surface area (Å²) in [5, 5.41) is 1.35. The van der Waals surface area contributed by atoms with Crippen LogP contribution in [0.2, 0.25) is 12.1 Å². The third-order valence-corrected chi connectivity index (χ3v) is 13.5. The van der Waals surface area contributed by atoms with E-state index in [1.165, 1.54) is 11.6 Å². The topological polar surface area (TPSA) is 0 Å². The summed E-state index contributed by atoms with van der Waals surface area (Å²) >= 11 is 2.28. The summed E-state index contributed by atoms with van der Waals surface area (Å²) in [6, 6.07) is 12.5. The van der Waals surface area contributed by atoms with Crippen LogP contribution in [-0.2, 0) is 0 Å². The molecule has 1 unspecified atom stereocenters. The molecule has 1 aliphatic rings. The van der Waals surface area contributed by atoms with Gasteiger partial charge in [0.1, 0.15) is 0 Å². The highest BCUT2D eigenvalue weighted by Gasteiger charge is 2.47. The molecule has 0 saturated carbocycles. The number of alkyl halides is 4. The van der Waals surface area contributed by atoms with E-state index in [4.69, 9.17) is 0 Å². The summed E-state index contributed by atoms with van der Waals surface area (Å²) < 4.78 is 37.2. The molecule has 1 atom stereocenters. The minimum atomic E-state index is -4.01. The second kappa shape index (κ2) is 5.52. The van der Waals surface area contributed by atoms with E-state index >= 15 is 0 Å². The lowest BCUT2D eigenvalue weighted by molar-refractivity contribution is -0.134. The largest absolute Gasteiger partial charge is 0.389 e. The molecule has 100 valence electrons. The van der Waals surface area contributed by atoms with Gasteiger partial charge in [0.15, 0.2) is 0 Å². The highest BCUT2D eigenvalue weighted by Crippen LogP contribution is 2.41. The van der Waals surface area contributed by atoms with Crippen molar-refractivity contribution in [3.8, 4) is 0 Å². The Morgan fingerprint density at radius 2 is 1.78 bits per heavy atom. The first-order chi connectivity index (χ1) is 8.44. The van der Waals surface area contributed by atoms with E-state index in [1.54, 1.807) is 0 Å². The average molecular weight is 384 g/mol. The molecule has 0 spiro atoms. The molecule has 0 N–H and O–H groups in total. The van der Waals surface area contributed by atoms with Gasteiger partial charge < -0.3 is 0 Å². The predicted molar refractivity (Wildman–Crippen MR) is 79.2 cm³/mol. The zero-order chi connectivity index (χ0) is 13.2. The number of benzene rings is 1.